The van der Waals surface area contributed by atoms with Crippen molar-refractivity contribution in [1.29, 1.82) is 0 Å². The summed E-state index contributed by atoms with van der Waals surface area (Å²) in [6.45, 7) is 16.3. The molecule has 0 heterocycles. The monoisotopic (exact) mass is 306 g/mol. The van der Waals surface area contributed by atoms with Gasteiger partial charge in [-0.1, -0.05) is 58.5 Å². The van der Waals surface area contributed by atoms with Crippen molar-refractivity contribution in [3.8, 4) is 0 Å². The van der Waals surface area contributed by atoms with Gasteiger partial charge in [0.15, 0.2) is 5.17 Å². The lowest BCUT2D eigenvalue weighted by atomic mass is 9.84. The van der Waals surface area contributed by atoms with Crippen molar-refractivity contribution in [2.75, 3.05) is 6.54 Å². The summed E-state index contributed by atoms with van der Waals surface area (Å²) in [6, 6.07) is 4.62. The Hall–Kier alpha value is -0.960. The van der Waals surface area contributed by atoms with Gasteiger partial charge in [0.05, 0.1) is 0 Å². The fourth-order valence-electron chi connectivity index (χ4n) is 2.12. The summed E-state index contributed by atoms with van der Waals surface area (Å²) in [5.41, 5.74) is 11.7. The first-order chi connectivity index (χ1) is 9.61. The predicted molar refractivity (Wildman–Crippen MR) is 97.2 cm³/mol. The maximum absolute atomic E-state index is 5.98. The first kappa shape index (κ1) is 18.1. The van der Waals surface area contributed by atoms with Gasteiger partial charge in [-0.2, -0.15) is 0 Å². The molecule has 0 saturated carbocycles. The van der Waals surface area contributed by atoms with E-state index in [4.69, 9.17) is 5.73 Å². The topological polar surface area (TPSA) is 38.4 Å². The standard InChI is InChI=1S/C18H30N2S/c1-12(2)10-20-17(19)21-11-16-13(3)8-15(9-14(16)4)18(5,6)7/h8-9,12H,10-11H2,1-7H3,(H2,19,20). The lowest BCUT2D eigenvalue weighted by molar-refractivity contribution is 0.589. The van der Waals surface area contributed by atoms with Gasteiger partial charge in [0.25, 0.3) is 0 Å². The molecule has 0 amide bonds. The predicted octanol–water partition coefficient (Wildman–Crippen LogP) is 4.80. The molecular formula is C18H30N2S. The minimum Gasteiger partial charge on any atom is -0.379 e. The van der Waals surface area contributed by atoms with Crippen molar-refractivity contribution in [3.05, 3.63) is 34.4 Å². The first-order valence-corrected chi connectivity index (χ1v) is 8.63. The Morgan fingerprint density at radius 2 is 1.71 bits per heavy atom. The van der Waals surface area contributed by atoms with Crippen LogP contribution in [0.15, 0.2) is 17.1 Å². The number of hydrogen-bond acceptors (Lipinski definition) is 2. The van der Waals surface area contributed by atoms with Gasteiger partial charge in [-0.05, 0) is 47.4 Å². The van der Waals surface area contributed by atoms with Gasteiger partial charge < -0.3 is 5.73 Å². The minimum atomic E-state index is 0.193. The van der Waals surface area contributed by atoms with Gasteiger partial charge in [0.1, 0.15) is 0 Å². The Bertz CT molecular complexity index is 487. The van der Waals surface area contributed by atoms with Gasteiger partial charge in [-0.25, -0.2) is 0 Å². The van der Waals surface area contributed by atoms with E-state index in [0.717, 1.165) is 12.3 Å². The van der Waals surface area contributed by atoms with Crippen LogP contribution in [0, 0.1) is 19.8 Å². The first-order valence-electron chi connectivity index (χ1n) is 7.64. The Labute approximate surface area is 134 Å². The molecule has 0 aliphatic carbocycles. The number of nitrogens with zero attached hydrogens (tertiary/aromatic N) is 1. The number of aliphatic imine (C=N–C) groups is 1. The molecule has 0 bridgehead atoms. The van der Waals surface area contributed by atoms with Crippen LogP contribution in [-0.4, -0.2) is 11.7 Å². The number of nitrogens with two attached hydrogens (primary N) is 1. The Morgan fingerprint density at radius 1 is 1.19 bits per heavy atom. The zero-order chi connectivity index (χ0) is 16.2. The lowest BCUT2D eigenvalue weighted by Crippen LogP contribution is -2.13. The van der Waals surface area contributed by atoms with Crippen LogP contribution in [0.2, 0.25) is 0 Å². The van der Waals surface area contributed by atoms with Gasteiger partial charge in [0, 0.05) is 12.3 Å². The molecule has 0 unspecified atom stereocenters. The molecule has 1 aromatic rings. The molecule has 118 valence electrons. The third-order valence-electron chi connectivity index (χ3n) is 3.54. The molecular weight excluding hydrogens is 276 g/mol. The van der Waals surface area contributed by atoms with E-state index in [1.807, 2.05) is 0 Å². The number of aryl methyl sites for hydroxylation is 2. The summed E-state index contributed by atoms with van der Waals surface area (Å²) < 4.78 is 0. The summed E-state index contributed by atoms with van der Waals surface area (Å²) in [6.07, 6.45) is 0. The highest BCUT2D eigenvalue weighted by Gasteiger charge is 2.16. The van der Waals surface area contributed by atoms with E-state index in [-0.39, 0.29) is 5.41 Å². The fraction of sp³-hybridized carbons (Fsp3) is 0.611. The molecule has 0 aliphatic rings. The van der Waals surface area contributed by atoms with Crippen LogP contribution in [0.25, 0.3) is 0 Å². The third-order valence-corrected chi connectivity index (χ3v) is 4.40. The van der Waals surface area contributed by atoms with E-state index < -0.39 is 0 Å². The summed E-state index contributed by atoms with van der Waals surface area (Å²) in [4.78, 5) is 4.41. The second-order valence-corrected chi connectivity index (χ2v) is 8.20. The molecule has 1 rings (SSSR count). The zero-order valence-electron chi connectivity index (χ0n) is 14.6. The molecule has 0 saturated heterocycles. The molecule has 0 atom stereocenters. The molecule has 1 aromatic carbocycles. The molecule has 0 aromatic heterocycles. The lowest BCUT2D eigenvalue weighted by Gasteiger charge is -2.22. The van der Waals surface area contributed by atoms with E-state index >= 15 is 0 Å². The molecule has 21 heavy (non-hydrogen) atoms. The number of rotatable bonds is 4. The number of thioether (sulfide) groups is 1. The average Bonchev–Trinajstić information content (AvgIpc) is 2.33. The van der Waals surface area contributed by atoms with Crippen molar-refractivity contribution >= 4 is 16.9 Å². The number of amidine groups is 1. The summed E-state index contributed by atoms with van der Waals surface area (Å²) in [7, 11) is 0. The van der Waals surface area contributed by atoms with E-state index in [1.54, 1.807) is 11.8 Å². The number of hydrogen-bond donors (Lipinski definition) is 1. The summed E-state index contributed by atoms with van der Waals surface area (Å²) >= 11 is 1.64. The SMILES string of the molecule is Cc1cc(C(C)(C)C)cc(C)c1CSC(N)=NCC(C)C. The fourth-order valence-corrected chi connectivity index (χ4v) is 3.03. The minimum absolute atomic E-state index is 0.193. The second-order valence-electron chi connectivity index (χ2n) is 7.20. The smallest absolute Gasteiger partial charge is 0.154 e. The zero-order valence-corrected chi connectivity index (χ0v) is 15.4. The van der Waals surface area contributed by atoms with Crippen LogP contribution in [0.3, 0.4) is 0 Å². The quantitative estimate of drug-likeness (QED) is 0.640. The maximum Gasteiger partial charge on any atom is 0.154 e. The highest BCUT2D eigenvalue weighted by Crippen LogP contribution is 2.28. The highest BCUT2D eigenvalue weighted by molar-refractivity contribution is 8.13. The Morgan fingerprint density at radius 3 is 2.14 bits per heavy atom. The van der Waals surface area contributed by atoms with Gasteiger partial charge in [-0.3, -0.25) is 4.99 Å². The van der Waals surface area contributed by atoms with Crippen LogP contribution in [0.4, 0.5) is 0 Å². The van der Waals surface area contributed by atoms with Crippen LogP contribution < -0.4 is 5.73 Å². The van der Waals surface area contributed by atoms with Crippen LogP contribution >= 0.6 is 11.8 Å². The Kier molecular flexibility index (Phi) is 6.33. The van der Waals surface area contributed by atoms with Crippen LogP contribution in [-0.2, 0) is 11.2 Å². The summed E-state index contributed by atoms with van der Waals surface area (Å²) in [5.74, 6) is 1.45. The van der Waals surface area contributed by atoms with E-state index in [1.165, 1.54) is 22.3 Å². The van der Waals surface area contributed by atoms with Crippen LogP contribution in [0.5, 0.6) is 0 Å². The highest BCUT2D eigenvalue weighted by atomic mass is 32.2. The molecule has 2 nitrogen and oxygen atoms in total. The third kappa shape index (κ3) is 5.74. The van der Waals surface area contributed by atoms with Gasteiger partial charge in [0.2, 0.25) is 0 Å². The van der Waals surface area contributed by atoms with Crippen molar-refractivity contribution in [2.24, 2.45) is 16.6 Å². The molecule has 3 heteroatoms. The van der Waals surface area contributed by atoms with Gasteiger partial charge >= 0.3 is 0 Å². The van der Waals surface area contributed by atoms with E-state index in [2.05, 4.69) is 65.6 Å². The van der Waals surface area contributed by atoms with Crippen molar-refractivity contribution in [2.45, 2.75) is 59.6 Å². The molecule has 0 spiro atoms. The molecule has 2 N–H and O–H groups in total. The largest absolute Gasteiger partial charge is 0.379 e. The average molecular weight is 307 g/mol. The second kappa shape index (κ2) is 7.35. The van der Waals surface area contributed by atoms with Crippen molar-refractivity contribution in [3.63, 3.8) is 0 Å². The summed E-state index contributed by atoms with van der Waals surface area (Å²) in [5, 5.41) is 0.697. The van der Waals surface area contributed by atoms with Crippen LogP contribution in [0.1, 0.15) is 56.9 Å². The van der Waals surface area contributed by atoms with E-state index in [0.29, 0.717) is 11.1 Å². The van der Waals surface area contributed by atoms with Crippen molar-refractivity contribution in [1.82, 2.24) is 0 Å². The maximum atomic E-state index is 5.98. The molecule has 0 fully saturated rings. The van der Waals surface area contributed by atoms with Crippen molar-refractivity contribution < 1.29 is 0 Å². The molecule has 0 radical (unpaired) electrons. The Balaban J connectivity index is 2.84. The number of benzene rings is 1. The van der Waals surface area contributed by atoms with Gasteiger partial charge in [-0.15, -0.1) is 0 Å². The molecule has 0 aliphatic heterocycles. The van der Waals surface area contributed by atoms with E-state index in [9.17, 15) is 0 Å². The normalized spacial score (nSPS) is 13.0.